The average Bonchev–Trinajstić information content (AvgIpc) is 3.61. The van der Waals surface area contributed by atoms with Gasteiger partial charge in [0.1, 0.15) is 28.6 Å². The molecule has 4 N–H and O–H groups in total. The first kappa shape index (κ1) is 24.1. The molecule has 1 unspecified atom stereocenters. The van der Waals surface area contributed by atoms with Gasteiger partial charge < -0.3 is 15.4 Å². The predicted octanol–water partition coefficient (Wildman–Crippen LogP) is 6.35. The molecule has 8 nitrogen and oxygen atoms in total. The zero-order valence-electron chi connectivity index (χ0n) is 20.5. The monoisotopic (exact) mass is 531 g/mol. The number of thiophene rings is 1. The lowest BCUT2D eigenvalue weighted by molar-refractivity contribution is 0.176. The summed E-state index contributed by atoms with van der Waals surface area (Å²) in [6, 6.07) is 9.89. The number of hydrogen-bond donors (Lipinski definition) is 4. The Morgan fingerprint density at radius 3 is 2.71 bits per heavy atom. The van der Waals surface area contributed by atoms with Crippen molar-refractivity contribution in [3.8, 4) is 33.2 Å². The molecule has 38 heavy (non-hydrogen) atoms. The van der Waals surface area contributed by atoms with E-state index >= 15 is 4.39 Å². The van der Waals surface area contributed by atoms with E-state index in [0.717, 1.165) is 11.3 Å². The molecule has 6 rings (SSSR count). The number of imidazole rings is 1. The number of nitrogens with one attached hydrogen (secondary N) is 3. The van der Waals surface area contributed by atoms with Crippen molar-refractivity contribution in [1.29, 1.82) is 0 Å². The Kier molecular flexibility index (Phi) is 6.09. The molecular formula is C27H23F2N7OS. The fourth-order valence-corrected chi connectivity index (χ4v) is 5.20. The molecule has 0 saturated carbocycles. The van der Waals surface area contributed by atoms with Crippen LogP contribution in [0.4, 0.5) is 14.5 Å². The zero-order valence-corrected chi connectivity index (χ0v) is 21.3. The minimum atomic E-state index is -0.718. The summed E-state index contributed by atoms with van der Waals surface area (Å²) in [5, 5.41) is 20.6. The van der Waals surface area contributed by atoms with Crippen LogP contribution in [-0.2, 0) is 0 Å². The number of aliphatic hydroxyl groups excluding tert-OH is 1. The maximum atomic E-state index is 15.2. The van der Waals surface area contributed by atoms with Crippen LogP contribution < -0.4 is 5.32 Å². The molecule has 0 fully saturated rings. The lowest BCUT2D eigenvalue weighted by Crippen LogP contribution is -2.20. The zero-order chi connectivity index (χ0) is 26.4. The van der Waals surface area contributed by atoms with Crippen molar-refractivity contribution in [3.63, 3.8) is 0 Å². The summed E-state index contributed by atoms with van der Waals surface area (Å²) in [6.07, 6.45) is 4.75. The van der Waals surface area contributed by atoms with Gasteiger partial charge in [-0.2, -0.15) is 9.49 Å². The van der Waals surface area contributed by atoms with Gasteiger partial charge in [0.15, 0.2) is 16.8 Å². The number of aromatic nitrogens is 6. The molecule has 5 heterocycles. The van der Waals surface area contributed by atoms with Gasteiger partial charge in [0.25, 0.3) is 0 Å². The SMILES string of the molecule is CC(C)CC(O)Nc1cncc(-c2cc(F)c3n[nH]c(-c4nc5c(-c6ccc(F)s6)nccc5[nH]4)c3c2)c1. The normalized spacial score (nSPS) is 12.6. The van der Waals surface area contributed by atoms with Crippen molar-refractivity contribution in [2.24, 2.45) is 5.92 Å². The number of halogens is 2. The number of nitrogens with zero attached hydrogens (tertiary/aromatic N) is 4. The maximum absolute atomic E-state index is 15.2. The van der Waals surface area contributed by atoms with Crippen LogP contribution in [-0.4, -0.2) is 41.5 Å². The van der Waals surface area contributed by atoms with Crippen molar-refractivity contribution in [2.45, 2.75) is 26.5 Å². The lowest BCUT2D eigenvalue weighted by Gasteiger charge is -2.16. The van der Waals surface area contributed by atoms with Gasteiger partial charge in [-0.25, -0.2) is 9.37 Å². The molecule has 0 bridgehead atoms. The molecule has 192 valence electrons. The number of fused-ring (bicyclic) bond motifs is 2. The number of pyridine rings is 2. The van der Waals surface area contributed by atoms with Gasteiger partial charge in [-0.1, -0.05) is 13.8 Å². The van der Waals surface area contributed by atoms with E-state index < -0.39 is 12.0 Å². The Bertz CT molecular complexity index is 1770. The Morgan fingerprint density at radius 2 is 1.92 bits per heavy atom. The summed E-state index contributed by atoms with van der Waals surface area (Å²) >= 11 is 0.994. The highest BCUT2D eigenvalue weighted by atomic mass is 32.1. The smallest absolute Gasteiger partial charge is 0.177 e. The van der Waals surface area contributed by atoms with Gasteiger partial charge in [-0.15, -0.1) is 11.3 Å². The van der Waals surface area contributed by atoms with Gasteiger partial charge in [0.05, 0.1) is 22.3 Å². The van der Waals surface area contributed by atoms with Gasteiger partial charge >= 0.3 is 0 Å². The number of H-pyrrole nitrogens is 2. The Labute approximate surface area is 219 Å². The first-order valence-corrected chi connectivity index (χ1v) is 12.9. The Balaban J connectivity index is 1.41. The van der Waals surface area contributed by atoms with E-state index in [1.807, 2.05) is 26.0 Å². The molecule has 6 aromatic rings. The van der Waals surface area contributed by atoms with Crippen LogP contribution in [0, 0.1) is 16.9 Å². The summed E-state index contributed by atoms with van der Waals surface area (Å²) in [4.78, 5) is 17.3. The van der Waals surface area contributed by atoms with Crippen LogP contribution in [0.3, 0.4) is 0 Å². The highest BCUT2D eigenvalue weighted by Gasteiger charge is 2.19. The van der Waals surface area contributed by atoms with Crippen molar-refractivity contribution >= 4 is 39.0 Å². The van der Waals surface area contributed by atoms with Crippen LogP contribution in [0.1, 0.15) is 20.3 Å². The van der Waals surface area contributed by atoms with Crippen LogP contribution in [0.5, 0.6) is 0 Å². The average molecular weight is 532 g/mol. The van der Waals surface area contributed by atoms with E-state index in [1.165, 1.54) is 12.1 Å². The van der Waals surface area contributed by atoms with E-state index in [-0.39, 0.29) is 10.6 Å². The molecule has 0 aliphatic heterocycles. The van der Waals surface area contributed by atoms with Crippen LogP contribution in [0.25, 0.3) is 55.2 Å². The number of aromatic amines is 2. The highest BCUT2D eigenvalue weighted by Crippen LogP contribution is 2.35. The fraction of sp³-hybridized carbons (Fsp3) is 0.185. The second-order valence-corrected chi connectivity index (χ2v) is 10.5. The van der Waals surface area contributed by atoms with Crippen molar-refractivity contribution in [2.75, 3.05) is 5.32 Å². The minimum Gasteiger partial charge on any atom is -0.374 e. The number of rotatable bonds is 7. The fourth-order valence-electron chi connectivity index (χ4n) is 4.47. The first-order chi connectivity index (χ1) is 18.4. The molecule has 11 heteroatoms. The quantitative estimate of drug-likeness (QED) is 0.179. The summed E-state index contributed by atoms with van der Waals surface area (Å²) in [7, 11) is 0. The summed E-state index contributed by atoms with van der Waals surface area (Å²) in [6.45, 7) is 4.06. The highest BCUT2D eigenvalue weighted by molar-refractivity contribution is 7.13. The van der Waals surface area contributed by atoms with Crippen molar-refractivity contribution in [3.05, 3.63) is 65.9 Å². The van der Waals surface area contributed by atoms with Crippen LogP contribution >= 0.6 is 11.3 Å². The third-order valence-electron chi connectivity index (χ3n) is 6.16. The molecule has 0 radical (unpaired) electrons. The van der Waals surface area contributed by atoms with Crippen molar-refractivity contribution < 1.29 is 13.9 Å². The van der Waals surface area contributed by atoms with Crippen molar-refractivity contribution in [1.82, 2.24) is 30.1 Å². The summed E-state index contributed by atoms with van der Waals surface area (Å²) < 4.78 is 28.8. The molecule has 0 amide bonds. The molecule has 1 aromatic carbocycles. The molecule has 0 saturated heterocycles. The van der Waals surface area contributed by atoms with Gasteiger partial charge in [-0.3, -0.25) is 15.1 Å². The van der Waals surface area contributed by atoms with Crippen LogP contribution in [0.15, 0.2) is 55.0 Å². The predicted molar refractivity (Wildman–Crippen MR) is 145 cm³/mol. The van der Waals surface area contributed by atoms with Crippen LogP contribution in [0.2, 0.25) is 0 Å². The molecule has 1 atom stereocenters. The molecule has 0 aliphatic carbocycles. The van der Waals surface area contributed by atoms with E-state index in [0.29, 0.717) is 67.7 Å². The largest absolute Gasteiger partial charge is 0.374 e. The third-order valence-corrected chi connectivity index (χ3v) is 7.04. The molecule has 0 spiro atoms. The second-order valence-electron chi connectivity index (χ2n) is 9.45. The van der Waals surface area contributed by atoms with E-state index in [1.54, 1.807) is 30.7 Å². The van der Waals surface area contributed by atoms with Gasteiger partial charge in [0, 0.05) is 23.3 Å². The van der Waals surface area contributed by atoms with Gasteiger partial charge in [-0.05, 0) is 54.3 Å². The van der Waals surface area contributed by atoms with E-state index in [9.17, 15) is 9.50 Å². The summed E-state index contributed by atoms with van der Waals surface area (Å²) in [5.74, 6) is 0.280. The van der Waals surface area contributed by atoms with E-state index in [2.05, 4.69) is 30.5 Å². The number of benzene rings is 1. The molecule has 0 aliphatic rings. The number of aliphatic hydroxyl groups is 1. The number of hydrogen-bond acceptors (Lipinski definition) is 7. The third kappa shape index (κ3) is 4.50. The Hall–Kier alpha value is -4.22. The standard InChI is InChI=1S/C27H23F2N7OS/c1-13(2)7-22(37)32-16-8-15(11-30-12-16)14-9-17-23(18(28)10-14)35-36-24(17)27-33-19-5-6-31-26(25(19)34-27)20-3-4-21(29)38-20/h3-6,8-13,22,32,37H,7H2,1-2H3,(H,33,34)(H,35,36). The second kappa shape index (κ2) is 9.58. The molecular weight excluding hydrogens is 508 g/mol. The maximum Gasteiger partial charge on any atom is 0.177 e. The summed E-state index contributed by atoms with van der Waals surface area (Å²) in [5.41, 5.74) is 4.44. The molecule has 5 aromatic heterocycles. The number of anilines is 1. The minimum absolute atomic E-state index is 0.178. The topological polar surface area (TPSA) is 115 Å². The lowest BCUT2D eigenvalue weighted by atomic mass is 10.0. The van der Waals surface area contributed by atoms with E-state index in [4.69, 9.17) is 4.98 Å². The Morgan fingerprint density at radius 1 is 1.05 bits per heavy atom. The first-order valence-electron chi connectivity index (χ1n) is 12.0. The van der Waals surface area contributed by atoms with Gasteiger partial charge in [0.2, 0.25) is 0 Å².